The van der Waals surface area contributed by atoms with Gasteiger partial charge in [0.25, 0.3) is 0 Å². The van der Waals surface area contributed by atoms with Crippen molar-refractivity contribution in [2.45, 2.75) is 64.1 Å². The second-order valence-electron chi connectivity index (χ2n) is 9.17. The molecule has 2 aromatic rings. The summed E-state index contributed by atoms with van der Waals surface area (Å²) in [5, 5.41) is 3.70. The van der Waals surface area contributed by atoms with E-state index in [1.807, 2.05) is 6.92 Å². The number of carbonyl (C=O) groups is 2. The average Bonchev–Trinajstić information content (AvgIpc) is 2.83. The summed E-state index contributed by atoms with van der Waals surface area (Å²) in [6.07, 6.45) is 6.64. The summed E-state index contributed by atoms with van der Waals surface area (Å²) in [5.41, 5.74) is 1.16. The van der Waals surface area contributed by atoms with E-state index in [4.69, 9.17) is 11.6 Å². The predicted octanol–water partition coefficient (Wildman–Crippen LogP) is 5.12. The second-order valence-corrected chi connectivity index (χ2v) is 12.4. The third-order valence-electron chi connectivity index (χ3n) is 6.38. The molecule has 2 aromatic carbocycles. The van der Waals surface area contributed by atoms with Gasteiger partial charge in [-0.2, -0.15) is 0 Å². The Balaban J connectivity index is 1.90. The first-order chi connectivity index (χ1) is 17.1. The monoisotopic (exact) mass is 597 g/mol. The number of sulfonamides is 1. The zero-order chi connectivity index (χ0) is 26.3. The highest BCUT2D eigenvalue weighted by atomic mass is 79.9. The van der Waals surface area contributed by atoms with Crippen molar-refractivity contribution in [1.82, 2.24) is 10.2 Å². The average molecular weight is 599 g/mol. The minimum atomic E-state index is -3.77. The fourth-order valence-corrected chi connectivity index (χ4v) is 5.85. The highest BCUT2D eigenvalue weighted by Crippen LogP contribution is 2.24. The van der Waals surface area contributed by atoms with Gasteiger partial charge in [-0.15, -0.1) is 0 Å². The molecule has 1 unspecified atom stereocenters. The summed E-state index contributed by atoms with van der Waals surface area (Å²) in [7, 11) is -3.77. The molecule has 0 heterocycles. The molecule has 0 aliphatic heterocycles. The van der Waals surface area contributed by atoms with Crippen LogP contribution in [-0.4, -0.2) is 50.0 Å². The van der Waals surface area contributed by atoms with E-state index in [-0.39, 0.29) is 18.5 Å². The van der Waals surface area contributed by atoms with Crippen LogP contribution < -0.4 is 9.62 Å². The number of rotatable bonds is 10. The fourth-order valence-electron chi connectivity index (χ4n) is 4.50. The summed E-state index contributed by atoms with van der Waals surface area (Å²) >= 11 is 9.40. The van der Waals surface area contributed by atoms with E-state index in [1.54, 1.807) is 48.5 Å². The van der Waals surface area contributed by atoms with Crippen LogP contribution in [0.3, 0.4) is 0 Å². The highest BCUT2D eigenvalue weighted by Gasteiger charge is 2.32. The molecule has 196 valence electrons. The van der Waals surface area contributed by atoms with Crippen LogP contribution >= 0.6 is 27.5 Å². The van der Waals surface area contributed by atoms with Crippen molar-refractivity contribution in [3.8, 4) is 0 Å². The number of carbonyl (C=O) groups excluding carboxylic acids is 2. The molecular weight excluding hydrogens is 566 g/mol. The summed E-state index contributed by atoms with van der Waals surface area (Å²) in [6, 6.07) is 13.2. The topological polar surface area (TPSA) is 86.8 Å². The first-order valence-corrected chi connectivity index (χ1v) is 15.2. The van der Waals surface area contributed by atoms with E-state index >= 15 is 0 Å². The molecular formula is C26H33BrClN3O4S. The van der Waals surface area contributed by atoms with E-state index in [9.17, 15) is 18.0 Å². The van der Waals surface area contributed by atoms with Crippen LogP contribution in [0.5, 0.6) is 0 Å². The summed E-state index contributed by atoms with van der Waals surface area (Å²) in [6.45, 7) is 1.59. The molecule has 1 aliphatic rings. The van der Waals surface area contributed by atoms with Gasteiger partial charge in [0.2, 0.25) is 21.8 Å². The normalized spacial score (nSPS) is 15.2. The van der Waals surface area contributed by atoms with Crippen LogP contribution in [0.25, 0.3) is 0 Å². The van der Waals surface area contributed by atoms with Crippen molar-refractivity contribution >= 4 is 55.1 Å². The van der Waals surface area contributed by atoms with Gasteiger partial charge in [0.05, 0.1) is 11.9 Å². The summed E-state index contributed by atoms with van der Waals surface area (Å²) in [5.74, 6) is -0.666. The van der Waals surface area contributed by atoms with Crippen LogP contribution in [-0.2, 0) is 26.2 Å². The smallest absolute Gasteiger partial charge is 0.244 e. The second kappa shape index (κ2) is 12.9. The molecule has 7 nitrogen and oxygen atoms in total. The molecule has 0 bridgehead atoms. The van der Waals surface area contributed by atoms with Crippen LogP contribution in [0.15, 0.2) is 53.0 Å². The Morgan fingerprint density at radius 1 is 1.11 bits per heavy atom. The van der Waals surface area contributed by atoms with Gasteiger partial charge in [-0.3, -0.25) is 13.9 Å². The largest absolute Gasteiger partial charge is 0.352 e. The quantitative estimate of drug-likeness (QED) is 0.411. The van der Waals surface area contributed by atoms with Crippen molar-refractivity contribution in [3.05, 3.63) is 63.6 Å². The lowest BCUT2D eigenvalue weighted by Gasteiger charge is -2.34. The first-order valence-electron chi connectivity index (χ1n) is 12.2. The lowest BCUT2D eigenvalue weighted by Crippen LogP contribution is -2.53. The van der Waals surface area contributed by atoms with Gasteiger partial charge in [-0.05, 0) is 55.2 Å². The molecule has 2 amide bonds. The van der Waals surface area contributed by atoms with Crippen LogP contribution in [0.4, 0.5) is 5.69 Å². The maximum Gasteiger partial charge on any atom is 0.244 e. The summed E-state index contributed by atoms with van der Waals surface area (Å²) in [4.78, 5) is 28.6. The lowest BCUT2D eigenvalue weighted by molar-refractivity contribution is -0.140. The molecule has 1 saturated carbocycles. The minimum Gasteiger partial charge on any atom is -0.352 e. The van der Waals surface area contributed by atoms with Crippen LogP contribution in [0, 0.1) is 0 Å². The zero-order valence-electron chi connectivity index (χ0n) is 20.6. The van der Waals surface area contributed by atoms with Crippen molar-refractivity contribution in [3.63, 3.8) is 0 Å². The van der Waals surface area contributed by atoms with Gasteiger partial charge in [0.15, 0.2) is 0 Å². The van der Waals surface area contributed by atoms with Crippen LogP contribution in [0.2, 0.25) is 5.02 Å². The third kappa shape index (κ3) is 7.95. The third-order valence-corrected chi connectivity index (χ3v) is 8.26. The van der Waals surface area contributed by atoms with E-state index in [0.717, 1.165) is 41.8 Å². The minimum absolute atomic E-state index is 0.0990. The van der Waals surface area contributed by atoms with Gasteiger partial charge in [0, 0.05) is 22.1 Å². The fraction of sp³-hybridized carbons (Fsp3) is 0.462. The number of nitrogens with one attached hydrogen (secondary N) is 1. The molecule has 1 atom stereocenters. The van der Waals surface area contributed by atoms with Crippen molar-refractivity contribution in [1.29, 1.82) is 0 Å². The maximum absolute atomic E-state index is 13.7. The van der Waals surface area contributed by atoms with Crippen LogP contribution in [0.1, 0.15) is 51.0 Å². The highest BCUT2D eigenvalue weighted by molar-refractivity contribution is 9.10. The van der Waals surface area contributed by atoms with E-state index < -0.39 is 28.5 Å². The van der Waals surface area contributed by atoms with Gasteiger partial charge in [-0.25, -0.2) is 8.42 Å². The number of nitrogens with zero attached hydrogens (tertiary/aromatic N) is 2. The van der Waals surface area contributed by atoms with Gasteiger partial charge < -0.3 is 10.2 Å². The Labute approximate surface area is 227 Å². The van der Waals surface area contributed by atoms with E-state index in [0.29, 0.717) is 21.6 Å². The molecule has 3 rings (SSSR count). The number of anilines is 1. The number of hydrogen-bond donors (Lipinski definition) is 1. The standard InChI is InChI=1S/C26H33BrClN3O4S/c1-3-24(26(33)29-22-9-5-4-6-10-22)30(17-19-12-14-21(28)15-13-19)25(32)18-31(36(2,34)35)23-11-7-8-20(27)16-23/h7-8,11-16,22,24H,3-6,9-10,17-18H2,1-2H3,(H,29,33). The van der Waals surface area contributed by atoms with Crippen molar-refractivity contribution in [2.24, 2.45) is 0 Å². The Hall–Kier alpha value is -2.10. The van der Waals surface area contributed by atoms with Gasteiger partial charge >= 0.3 is 0 Å². The number of halogens is 2. The Morgan fingerprint density at radius 3 is 2.36 bits per heavy atom. The first kappa shape index (κ1) is 28.5. The van der Waals surface area contributed by atoms with Crippen molar-refractivity contribution in [2.75, 3.05) is 17.1 Å². The van der Waals surface area contributed by atoms with Crippen molar-refractivity contribution < 1.29 is 18.0 Å². The molecule has 0 radical (unpaired) electrons. The molecule has 1 aliphatic carbocycles. The SMILES string of the molecule is CCC(C(=O)NC1CCCCC1)N(Cc1ccc(Cl)cc1)C(=O)CN(c1cccc(Br)c1)S(C)(=O)=O. The van der Waals surface area contributed by atoms with E-state index in [1.165, 1.54) is 11.3 Å². The lowest BCUT2D eigenvalue weighted by atomic mass is 9.95. The number of hydrogen-bond acceptors (Lipinski definition) is 4. The molecule has 10 heteroatoms. The maximum atomic E-state index is 13.7. The number of amides is 2. The molecule has 0 saturated heterocycles. The predicted molar refractivity (Wildman–Crippen MR) is 147 cm³/mol. The zero-order valence-corrected chi connectivity index (χ0v) is 23.8. The molecule has 0 aromatic heterocycles. The van der Waals surface area contributed by atoms with Gasteiger partial charge in [0.1, 0.15) is 12.6 Å². The molecule has 1 fully saturated rings. The molecule has 36 heavy (non-hydrogen) atoms. The Morgan fingerprint density at radius 2 is 1.78 bits per heavy atom. The Bertz CT molecular complexity index is 1150. The molecule has 1 N–H and O–H groups in total. The van der Waals surface area contributed by atoms with E-state index in [2.05, 4.69) is 21.2 Å². The molecule has 0 spiro atoms. The summed E-state index contributed by atoms with van der Waals surface area (Å²) < 4.78 is 27.1. The number of benzene rings is 2. The Kier molecular flexibility index (Phi) is 10.2. The van der Waals surface area contributed by atoms with Gasteiger partial charge in [-0.1, -0.05) is 71.9 Å².